The molecule has 0 atom stereocenters. The lowest BCUT2D eigenvalue weighted by Crippen LogP contribution is -2.01. The van der Waals surface area contributed by atoms with Gasteiger partial charge in [0.15, 0.2) is 11.0 Å². The maximum absolute atomic E-state index is 5.68. The van der Waals surface area contributed by atoms with Gasteiger partial charge in [-0.15, -0.1) is 0 Å². The summed E-state index contributed by atoms with van der Waals surface area (Å²) in [7, 11) is 0. The molecule has 0 saturated heterocycles. The highest BCUT2D eigenvalue weighted by atomic mass is 32.2. The molecule has 100 valence electrons. The Morgan fingerprint density at radius 1 is 1.26 bits per heavy atom. The number of nitrogens with two attached hydrogens (primary N) is 1. The Balaban J connectivity index is 2.32. The van der Waals surface area contributed by atoms with Crippen molar-refractivity contribution in [2.45, 2.75) is 18.5 Å². The molecule has 1 heterocycles. The Bertz CT molecular complexity index is 562. The van der Waals surface area contributed by atoms with Crippen LogP contribution >= 0.6 is 11.8 Å². The van der Waals surface area contributed by atoms with Crippen LogP contribution in [0.3, 0.4) is 0 Å². The minimum atomic E-state index is 0.231. The van der Waals surface area contributed by atoms with Gasteiger partial charge in [0, 0.05) is 5.56 Å². The number of nitrogens with zero attached hydrogens (tertiary/aromatic N) is 3. The maximum Gasteiger partial charge on any atom is 0.224 e. The van der Waals surface area contributed by atoms with Gasteiger partial charge in [-0.2, -0.15) is 9.97 Å². The molecule has 0 amide bonds. The zero-order valence-electron chi connectivity index (χ0n) is 11.0. The van der Waals surface area contributed by atoms with Gasteiger partial charge in [0.25, 0.3) is 0 Å². The summed E-state index contributed by atoms with van der Waals surface area (Å²) in [5, 5.41) is 0.613. The highest BCUT2D eigenvalue weighted by Gasteiger charge is 2.07. The van der Waals surface area contributed by atoms with E-state index < -0.39 is 0 Å². The topological polar surface area (TPSA) is 73.9 Å². The van der Waals surface area contributed by atoms with Crippen molar-refractivity contribution in [3.8, 4) is 17.1 Å². The minimum Gasteiger partial charge on any atom is -0.494 e. The highest BCUT2D eigenvalue weighted by molar-refractivity contribution is 7.98. The monoisotopic (exact) mass is 276 g/mol. The number of hydrogen-bond donors (Lipinski definition) is 1. The van der Waals surface area contributed by atoms with Crippen LogP contribution in [-0.2, 0) is 0 Å². The van der Waals surface area contributed by atoms with Crippen molar-refractivity contribution in [2.24, 2.45) is 0 Å². The minimum absolute atomic E-state index is 0.231. The van der Waals surface area contributed by atoms with Gasteiger partial charge in [0.2, 0.25) is 5.95 Å². The molecule has 2 aromatic rings. The van der Waals surface area contributed by atoms with Gasteiger partial charge in [-0.1, -0.05) is 30.8 Å². The molecular formula is C13H16N4OS. The number of nitrogen functional groups attached to an aromatic ring is 1. The van der Waals surface area contributed by atoms with E-state index in [1.54, 1.807) is 0 Å². The Labute approximate surface area is 116 Å². The molecule has 0 bridgehead atoms. The van der Waals surface area contributed by atoms with Crippen LogP contribution in [-0.4, -0.2) is 27.8 Å². The average Bonchev–Trinajstić information content (AvgIpc) is 2.44. The first kappa shape index (κ1) is 13.6. The van der Waals surface area contributed by atoms with E-state index in [2.05, 4.69) is 21.9 Å². The average molecular weight is 276 g/mol. The molecule has 2 rings (SSSR count). The number of anilines is 1. The number of rotatable bonds is 5. The zero-order valence-corrected chi connectivity index (χ0v) is 11.8. The van der Waals surface area contributed by atoms with Gasteiger partial charge >= 0.3 is 0 Å². The molecule has 5 nitrogen and oxygen atoms in total. The van der Waals surface area contributed by atoms with Crippen LogP contribution in [0.15, 0.2) is 29.4 Å². The molecule has 19 heavy (non-hydrogen) atoms. The summed E-state index contributed by atoms with van der Waals surface area (Å²) < 4.78 is 5.60. The summed E-state index contributed by atoms with van der Waals surface area (Å²) in [4.78, 5) is 12.5. The standard InChI is InChI=1S/C13H16N4OS/c1-3-7-18-10-6-4-5-9(8-10)11-15-12(14)17-13(16-11)19-2/h4-6,8H,3,7H2,1-2H3,(H2,14,15,16,17). The number of ether oxygens (including phenoxy) is 1. The van der Waals surface area contributed by atoms with E-state index in [1.165, 1.54) is 11.8 Å². The van der Waals surface area contributed by atoms with Crippen molar-refractivity contribution in [1.29, 1.82) is 0 Å². The molecule has 0 aliphatic carbocycles. The second kappa shape index (κ2) is 6.38. The molecule has 1 aromatic carbocycles. The largest absolute Gasteiger partial charge is 0.494 e. The van der Waals surface area contributed by atoms with Gasteiger partial charge in [0.1, 0.15) is 5.75 Å². The van der Waals surface area contributed by atoms with Crippen LogP contribution in [0.5, 0.6) is 5.75 Å². The van der Waals surface area contributed by atoms with Gasteiger partial charge in [-0.3, -0.25) is 0 Å². The number of benzene rings is 1. The van der Waals surface area contributed by atoms with E-state index in [-0.39, 0.29) is 5.95 Å². The highest BCUT2D eigenvalue weighted by Crippen LogP contribution is 2.23. The van der Waals surface area contributed by atoms with Crippen molar-refractivity contribution in [3.63, 3.8) is 0 Å². The van der Waals surface area contributed by atoms with Crippen molar-refractivity contribution in [3.05, 3.63) is 24.3 Å². The molecule has 0 spiro atoms. The fourth-order valence-corrected chi connectivity index (χ4v) is 1.90. The fourth-order valence-electron chi connectivity index (χ4n) is 1.54. The van der Waals surface area contributed by atoms with E-state index in [9.17, 15) is 0 Å². The van der Waals surface area contributed by atoms with Crippen LogP contribution in [0.1, 0.15) is 13.3 Å². The normalized spacial score (nSPS) is 10.4. The van der Waals surface area contributed by atoms with E-state index >= 15 is 0 Å². The molecule has 0 saturated carbocycles. The van der Waals surface area contributed by atoms with Gasteiger partial charge in [0.05, 0.1) is 6.61 Å². The first-order valence-electron chi connectivity index (χ1n) is 6.01. The van der Waals surface area contributed by atoms with Crippen molar-refractivity contribution >= 4 is 17.7 Å². The Kier molecular flexibility index (Phi) is 4.57. The molecule has 1 aromatic heterocycles. The summed E-state index contributed by atoms with van der Waals surface area (Å²) in [6, 6.07) is 7.67. The van der Waals surface area contributed by atoms with Crippen molar-refractivity contribution in [2.75, 3.05) is 18.6 Å². The van der Waals surface area contributed by atoms with Crippen LogP contribution in [0.4, 0.5) is 5.95 Å². The molecule has 0 aliphatic heterocycles. The van der Waals surface area contributed by atoms with Gasteiger partial charge < -0.3 is 10.5 Å². The van der Waals surface area contributed by atoms with E-state index in [0.29, 0.717) is 17.6 Å². The summed E-state index contributed by atoms with van der Waals surface area (Å²) >= 11 is 1.44. The van der Waals surface area contributed by atoms with Gasteiger partial charge in [-0.25, -0.2) is 4.98 Å². The molecule has 0 fully saturated rings. The molecule has 0 aliphatic rings. The zero-order chi connectivity index (χ0) is 13.7. The lowest BCUT2D eigenvalue weighted by Gasteiger charge is -2.07. The summed E-state index contributed by atoms with van der Waals surface area (Å²) in [5.41, 5.74) is 6.56. The third kappa shape index (κ3) is 3.57. The molecule has 0 radical (unpaired) electrons. The number of thioether (sulfide) groups is 1. The number of aromatic nitrogens is 3. The summed E-state index contributed by atoms with van der Waals surface area (Å²) in [6.45, 7) is 2.76. The van der Waals surface area contributed by atoms with E-state index in [4.69, 9.17) is 10.5 Å². The van der Waals surface area contributed by atoms with Crippen LogP contribution < -0.4 is 10.5 Å². The maximum atomic E-state index is 5.68. The second-order valence-electron chi connectivity index (χ2n) is 3.88. The fraction of sp³-hybridized carbons (Fsp3) is 0.308. The van der Waals surface area contributed by atoms with E-state index in [1.807, 2.05) is 30.5 Å². The predicted molar refractivity (Wildman–Crippen MR) is 77.2 cm³/mol. The van der Waals surface area contributed by atoms with E-state index in [0.717, 1.165) is 17.7 Å². The first-order valence-corrected chi connectivity index (χ1v) is 7.24. The van der Waals surface area contributed by atoms with Crippen molar-refractivity contribution < 1.29 is 4.74 Å². The molecule has 0 unspecified atom stereocenters. The van der Waals surface area contributed by atoms with Crippen LogP contribution in [0.25, 0.3) is 11.4 Å². The lowest BCUT2D eigenvalue weighted by molar-refractivity contribution is 0.317. The Hall–Kier alpha value is -1.82. The SMILES string of the molecule is CCCOc1cccc(-c2nc(N)nc(SC)n2)c1. The summed E-state index contributed by atoms with van der Waals surface area (Å²) in [6.07, 6.45) is 2.87. The quantitative estimate of drug-likeness (QED) is 0.846. The van der Waals surface area contributed by atoms with Crippen LogP contribution in [0, 0.1) is 0 Å². The third-order valence-electron chi connectivity index (χ3n) is 2.38. The van der Waals surface area contributed by atoms with Crippen molar-refractivity contribution in [1.82, 2.24) is 15.0 Å². The van der Waals surface area contributed by atoms with Crippen LogP contribution in [0.2, 0.25) is 0 Å². The Morgan fingerprint density at radius 2 is 2.11 bits per heavy atom. The summed E-state index contributed by atoms with van der Waals surface area (Å²) in [5.74, 6) is 1.61. The third-order valence-corrected chi connectivity index (χ3v) is 2.93. The van der Waals surface area contributed by atoms with Gasteiger partial charge in [-0.05, 0) is 24.8 Å². The molecular weight excluding hydrogens is 260 g/mol. The smallest absolute Gasteiger partial charge is 0.224 e. The Morgan fingerprint density at radius 3 is 2.84 bits per heavy atom. The molecule has 6 heteroatoms. The number of hydrogen-bond acceptors (Lipinski definition) is 6. The predicted octanol–water partition coefficient (Wildman–Crippen LogP) is 2.63. The first-order chi connectivity index (χ1) is 9.22. The second-order valence-corrected chi connectivity index (χ2v) is 4.65. The lowest BCUT2D eigenvalue weighted by atomic mass is 10.2. The molecule has 2 N–H and O–H groups in total.